The molecule has 0 atom stereocenters. The number of hydrogen-bond acceptors (Lipinski definition) is 4. The average molecular weight is 445 g/mol. The molecular formula is C21H12ClF3N4O2. The number of rotatable bonds is 4. The molecular weight excluding hydrogens is 433 g/mol. The number of nitrogens with zero attached hydrogens (tertiary/aromatic N) is 2. The SMILES string of the molecule is O=C(Nc1cccc(Cl)c1)Nc1cc(F)c(Oc2ccc3nccnc3c2)c(F)c1F. The van der Waals surface area contributed by atoms with Gasteiger partial charge >= 0.3 is 6.03 Å². The van der Waals surface area contributed by atoms with E-state index in [1.807, 2.05) is 0 Å². The Hall–Kier alpha value is -3.85. The number of ether oxygens (including phenoxy) is 1. The van der Waals surface area contributed by atoms with E-state index in [-0.39, 0.29) is 5.75 Å². The zero-order valence-electron chi connectivity index (χ0n) is 15.5. The number of anilines is 2. The first-order valence-electron chi connectivity index (χ1n) is 8.80. The van der Waals surface area contributed by atoms with Gasteiger partial charge in [0.05, 0.1) is 16.7 Å². The summed E-state index contributed by atoms with van der Waals surface area (Å²) in [4.78, 5) is 20.2. The van der Waals surface area contributed by atoms with Gasteiger partial charge in [-0.25, -0.2) is 13.6 Å². The first-order chi connectivity index (χ1) is 14.9. The number of halogens is 4. The zero-order valence-corrected chi connectivity index (χ0v) is 16.3. The molecule has 4 aromatic rings. The van der Waals surface area contributed by atoms with Crippen molar-refractivity contribution in [1.29, 1.82) is 0 Å². The van der Waals surface area contributed by atoms with Crippen LogP contribution < -0.4 is 15.4 Å². The van der Waals surface area contributed by atoms with E-state index < -0.39 is 34.9 Å². The first kappa shape index (κ1) is 20.4. The molecule has 0 unspecified atom stereocenters. The van der Waals surface area contributed by atoms with Crippen molar-refractivity contribution in [2.75, 3.05) is 10.6 Å². The van der Waals surface area contributed by atoms with E-state index in [9.17, 15) is 18.0 Å². The quantitative estimate of drug-likeness (QED) is 0.371. The molecule has 0 fully saturated rings. The van der Waals surface area contributed by atoms with E-state index in [0.29, 0.717) is 27.8 Å². The smallest absolute Gasteiger partial charge is 0.323 e. The summed E-state index contributed by atoms with van der Waals surface area (Å²) in [5.74, 6) is -5.22. The minimum absolute atomic E-state index is 0.0320. The van der Waals surface area contributed by atoms with Crippen LogP contribution in [0.2, 0.25) is 5.02 Å². The number of fused-ring (bicyclic) bond motifs is 1. The molecule has 0 aliphatic carbocycles. The fraction of sp³-hybridized carbons (Fsp3) is 0. The summed E-state index contributed by atoms with van der Waals surface area (Å²) < 4.78 is 48.6. The molecule has 1 aromatic heterocycles. The van der Waals surface area contributed by atoms with E-state index >= 15 is 0 Å². The molecule has 0 radical (unpaired) electrons. The molecule has 0 aliphatic heterocycles. The van der Waals surface area contributed by atoms with Crippen molar-refractivity contribution in [2.45, 2.75) is 0 Å². The van der Waals surface area contributed by atoms with Crippen molar-refractivity contribution in [3.8, 4) is 11.5 Å². The van der Waals surface area contributed by atoms with Gasteiger partial charge in [0.1, 0.15) is 5.75 Å². The van der Waals surface area contributed by atoms with Gasteiger partial charge in [-0.3, -0.25) is 9.97 Å². The third kappa shape index (κ3) is 4.51. The van der Waals surface area contributed by atoms with Gasteiger partial charge in [0.15, 0.2) is 11.6 Å². The number of carbonyl (C=O) groups excluding carboxylic acids is 1. The molecule has 2 N–H and O–H groups in total. The number of urea groups is 1. The number of benzene rings is 3. The van der Waals surface area contributed by atoms with Crippen molar-refractivity contribution < 1.29 is 22.7 Å². The molecule has 10 heteroatoms. The molecule has 6 nitrogen and oxygen atoms in total. The molecule has 1 heterocycles. The summed E-state index contributed by atoms with van der Waals surface area (Å²) in [7, 11) is 0. The molecule has 0 saturated heterocycles. The molecule has 0 spiro atoms. The van der Waals surface area contributed by atoms with Crippen LogP contribution in [0.1, 0.15) is 0 Å². The lowest BCUT2D eigenvalue weighted by molar-refractivity contribution is 0.262. The molecule has 31 heavy (non-hydrogen) atoms. The maximum atomic E-state index is 14.5. The highest BCUT2D eigenvalue weighted by Gasteiger charge is 2.22. The number of aromatic nitrogens is 2. The van der Waals surface area contributed by atoms with Gasteiger partial charge in [-0.1, -0.05) is 17.7 Å². The minimum atomic E-state index is -1.60. The van der Waals surface area contributed by atoms with E-state index in [0.717, 1.165) is 0 Å². The van der Waals surface area contributed by atoms with E-state index in [2.05, 4.69) is 20.6 Å². The molecule has 0 saturated carbocycles. The Labute approximate surface area is 178 Å². The van der Waals surface area contributed by atoms with Crippen LogP contribution in [0.5, 0.6) is 11.5 Å². The van der Waals surface area contributed by atoms with Crippen LogP contribution in [0.3, 0.4) is 0 Å². The van der Waals surface area contributed by atoms with Crippen LogP contribution in [-0.4, -0.2) is 16.0 Å². The maximum absolute atomic E-state index is 14.5. The second kappa shape index (κ2) is 8.49. The van der Waals surface area contributed by atoms with Crippen LogP contribution >= 0.6 is 11.6 Å². The highest BCUT2D eigenvalue weighted by molar-refractivity contribution is 6.30. The van der Waals surface area contributed by atoms with Crippen molar-refractivity contribution in [1.82, 2.24) is 9.97 Å². The normalized spacial score (nSPS) is 10.7. The fourth-order valence-corrected chi connectivity index (χ4v) is 2.93. The van der Waals surface area contributed by atoms with Gasteiger partial charge in [0, 0.05) is 35.2 Å². The summed E-state index contributed by atoms with van der Waals surface area (Å²) in [5, 5.41) is 4.79. The number of hydrogen-bond donors (Lipinski definition) is 2. The van der Waals surface area contributed by atoms with Crippen molar-refractivity contribution >= 4 is 40.0 Å². The van der Waals surface area contributed by atoms with Gasteiger partial charge in [-0.05, 0) is 30.3 Å². The van der Waals surface area contributed by atoms with Gasteiger partial charge in [0.2, 0.25) is 11.6 Å². The second-order valence-corrected chi connectivity index (χ2v) is 6.70. The third-order valence-electron chi connectivity index (χ3n) is 4.11. The lowest BCUT2D eigenvalue weighted by atomic mass is 10.2. The lowest BCUT2D eigenvalue weighted by Crippen LogP contribution is -2.20. The number of nitrogens with one attached hydrogen (secondary N) is 2. The molecule has 2 amide bonds. The van der Waals surface area contributed by atoms with Gasteiger partial charge < -0.3 is 15.4 Å². The molecule has 0 bridgehead atoms. The van der Waals surface area contributed by atoms with Gasteiger partial charge in [0.25, 0.3) is 0 Å². The third-order valence-corrected chi connectivity index (χ3v) is 4.34. The Morgan fingerprint density at radius 3 is 2.45 bits per heavy atom. The molecule has 3 aromatic carbocycles. The van der Waals surface area contributed by atoms with E-state index in [4.69, 9.17) is 16.3 Å². The fourth-order valence-electron chi connectivity index (χ4n) is 2.74. The predicted octanol–water partition coefficient (Wildman–Crippen LogP) is 6.14. The highest BCUT2D eigenvalue weighted by atomic mass is 35.5. The van der Waals surface area contributed by atoms with Crippen molar-refractivity contribution in [3.05, 3.63) is 83.4 Å². The summed E-state index contributed by atoms with van der Waals surface area (Å²) in [5.41, 5.74) is 0.585. The summed E-state index contributed by atoms with van der Waals surface area (Å²) >= 11 is 5.82. The number of amides is 2. The predicted molar refractivity (Wildman–Crippen MR) is 110 cm³/mol. The lowest BCUT2D eigenvalue weighted by Gasteiger charge is -2.13. The van der Waals surface area contributed by atoms with Crippen LogP contribution in [0.4, 0.5) is 29.3 Å². The summed E-state index contributed by atoms with van der Waals surface area (Å²) in [6.45, 7) is 0. The summed E-state index contributed by atoms with van der Waals surface area (Å²) in [6, 6.07) is 10.2. The van der Waals surface area contributed by atoms with Crippen LogP contribution in [0, 0.1) is 17.5 Å². The Bertz CT molecular complexity index is 1300. The zero-order chi connectivity index (χ0) is 22.0. The van der Waals surface area contributed by atoms with Crippen LogP contribution in [-0.2, 0) is 0 Å². The molecule has 4 rings (SSSR count). The van der Waals surface area contributed by atoms with E-state index in [1.54, 1.807) is 18.2 Å². The monoisotopic (exact) mass is 444 g/mol. The highest BCUT2D eigenvalue weighted by Crippen LogP contribution is 2.33. The van der Waals surface area contributed by atoms with Crippen molar-refractivity contribution in [2.24, 2.45) is 0 Å². The Balaban J connectivity index is 1.55. The van der Waals surface area contributed by atoms with Crippen LogP contribution in [0.25, 0.3) is 11.0 Å². The van der Waals surface area contributed by atoms with Crippen molar-refractivity contribution in [3.63, 3.8) is 0 Å². The van der Waals surface area contributed by atoms with Gasteiger partial charge in [-0.15, -0.1) is 0 Å². The molecule has 0 aliphatic rings. The summed E-state index contributed by atoms with van der Waals surface area (Å²) in [6.07, 6.45) is 2.94. The first-order valence-corrected chi connectivity index (χ1v) is 9.18. The minimum Gasteiger partial charge on any atom is -0.451 e. The standard InChI is InChI=1S/C21H12ClF3N4O2/c22-11-2-1-3-12(8-11)28-21(30)29-17-10-14(23)20(19(25)18(17)24)31-13-4-5-15-16(9-13)27-7-6-26-15/h1-10H,(H2,28,29,30). The Morgan fingerprint density at radius 2 is 1.68 bits per heavy atom. The topological polar surface area (TPSA) is 76.1 Å². The Morgan fingerprint density at radius 1 is 0.903 bits per heavy atom. The number of carbonyl (C=O) groups is 1. The molecule has 156 valence electrons. The average Bonchev–Trinajstić information content (AvgIpc) is 2.75. The Kier molecular flexibility index (Phi) is 5.59. The maximum Gasteiger partial charge on any atom is 0.323 e. The van der Waals surface area contributed by atoms with E-state index in [1.165, 1.54) is 36.7 Å². The van der Waals surface area contributed by atoms with Crippen LogP contribution in [0.15, 0.2) is 60.9 Å². The van der Waals surface area contributed by atoms with Gasteiger partial charge in [-0.2, -0.15) is 4.39 Å². The largest absolute Gasteiger partial charge is 0.451 e. The second-order valence-electron chi connectivity index (χ2n) is 6.26.